The third-order valence-electron chi connectivity index (χ3n) is 3.65. The van der Waals surface area contributed by atoms with Crippen LogP contribution in [0.25, 0.3) is 0 Å². The molecular formula is C14H32N2O2. The highest BCUT2D eigenvalue weighted by Gasteiger charge is 2.29. The Kier molecular flexibility index (Phi) is 10.6. The zero-order chi connectivity index (χ0) is 13.9. The van der Waals surface area contributed by atoms with E-state index in [1.165, 1.54) is 19.3 Å². The summed E-state index contributed by atoms with van der Waals surface area (Å²) in [5, 5.41) is 0. The first-order valence-corrected chi connectivity index (χ1v) is 7.07. The molecule has 18 heavy (non-hydrogen) atoms. The minimum Gasteiger partial charge on any atom is -0.383 e. The first kappa shape index (κ1) is 17.8. The van der Waals surface area contributed by atoms with Crippen molar-refractivity contribution in [1.82, 2.24) is 4.90 Å². The molecule has 0 aromatic carbocycles. The third kappa shape index (κ3) is 6.69. The molecule has 0 fully saturated rings. The van der Waals surface area contributed by atoms with Gasteiger partial charge in [0.1, 0.15) is 0 Å². The first-order valence-electron chi connectivity index (χ1n) is 7.07. The van der Waals surface area contributed by atoms with Crippen molar-refractivity contribution >= 4 is 0 Å². The van der Waals surface area contributed by atoms with Crippen molar-refractivity contribution in [2.45, 2.75) is 45.1 Å². The number of hydrogen-bond acceptors (Lipinski definition) is 4. The summed E-state index contributed by atoms with van der Waals surface area (Å²) in [5.74, 6) is 0. The average molecular weight is 260 g/mol. The summed E-state index contributed by atoms with van der Waals surface area (Å²) in [4.78, 5) is 2.41. The Morgan fingerprint density at radius 3 is 2.00 bits per heavy atom. The molecule has 2 N–H and O–H groups in total. The second-order valence-electron chi connectivity index (χ2n) is 5.13. The molecule has 0 saturated heterocycles. The van der Waals surface area contributed by atoms with Gasteiger partial charge in [0, 0.05) is 39.4 Å². The molecule has 0 saturated carbocycles. The molecule has 0 aromatic heterocycles. The first-order chi connectivity index (χ1) is 8.64. The van der Waals surface area contributed by atoms with Gasteiger partial charge in [0.15, 0.2) is 0 Å². The fraction of sp³-hybridized carbons (Fsp3) is 1.00. The highest BCUT2D eigenvalue weighted by Crippen LogP contribution is 2.21. The van der Waals surface area contributed by atoms with Gasteiger partial charge < -0.3 is 15.2 Å². The number of hydrogen-bond donors (Lipinski definition) is 1. The predicted octanol–water partition coefficient (Wildman–Crippen LogP) is 1.88. The van der Waals surface area contributed by atoms with E-state index in [2.05, 4.69) is 18.7 Å². The highest BCUT2D eigenvalue weighted by molar-refractivity contribution is 4.87. The molecule has 0 radical (unpaired) electrons. The van der Waals surface area contributed by atoms with Crippen molar-refractivity contribution in [2.75, 3.05) is 47.1 Å². The predicted molar refractivity (Wildman–Crippen MR) is 76.9 cm³/mol. The third-order valence-corrected chi connectivity index (χ3v) is 3.65. The number of rotatable bonds is 12. The van der Waals surface area contributed by atoms with E-state index in [1.807, 2.05) is 0 Å². The van der Waals surface area contributed by atoms with Crippen molar-refractivity contribution in [2.24, 2.45) is 5.73 Å². The summed E-state index contributed by atoms with van der Waals surface area (Å²) in [7, 11) is 3.48. The summed E-state index contributed by atoms with van der Waals surface area (Å²) in [6.07, 6.45) is 4.90. The van der Waals surface area contributed by atoms with Crippen molar-refractivity contribution in [3.05, 3.63) is 0 Å². The van der Waals surface area contributed by atoms with Crippen molar-refractivity contribution in [3.8, 4) is 0 Å². The lowest BCUT2D eigenvalue weighted by Crippen LogP contribution is -2.53. The minimum atomic E-state index is 0.0617. The normalized spacial score (nSPS) is 15.0. The Morgan fingerprint density at radius 2 is 1.61 bits per heavy atom. The fourth-order valence-electron chi connectivity index (χ4n) is 2.20. The summed E-state index contributed by atoms with van der Waals surface area (Å²) in [5.41, 5.74) is 6.07. The highest BCUT2D eigenvalue weighted by atomic mass is 16.5. The molecule has 0 amide bonds. The van der Waals surface area contributed by atoms with Crippen LogP contribution in [0.4, 0.5) is 0 Å². The van der Waals surface area contributed by atoms with E-state index < -0.39 is 0 Å². The monoisotopic (exact) mass is 260 g/mol. The molecule has 4 nitrogen and oxygen atoms in total. The largest absolute Gasteiger partial charge is 0.383 e. The number of nitrogens with two attached hydrogens (primary N) is 1. The van der Waals surface area contributed by atoms with Gasteiger partial charge in [0.2, 0.25) is 0 Å². The quantitative estimate of drug-likeness (QED) is 0.544. The molecule has 1 unspecified atom stereocenters. The Labute approximate surface area is 113 Å². The molecule has 0 spiro atoms. The fourth-order valence-corrected chi connectivity index (χ4v) is 2.20. The molecular weight excluding hydrogens is 228 g/mol. The maximum Gasteiger partial charge on any atom is 0.0589 e. The van der Waals surface area contributed by atoms with E-state index >= 15 is 0 Å². The van der Waals surface area contributed by atoms with E-state index in [9.17, 15) is 0 Å². The molecule has 0 aliphatic heterocycles. The van der Waals surface area contributed by atoms with Gasteiger partial charge in [0.05, 0.1) is 13.2 Å². The second kappa shape index (κ2) is 10.7. The van der Waals surface area contributed by atoms with Gasteiger partial charge in [-0.05, 0) is 13.3 Å². The topological polar surface area (TPSA) is 47.7 Å². The van der Waals surface area contributed by atoms with Crippen LogP contribution in [-0.4, -0.2) is 57.5 Å². The van der Waals surface area contributed by atoms with Crippen LogP contribution in [0.1, 0.15) is 39.5 Å². The number of nitrogens with zero attached hydrogens (tertiary/aromatic N) is 1. The molecule has 0 aliphatic rings. The van der Waals surface area contributed by atoms with E-state index in [1.54, 1.807) is 14.2 Å². The molecule has 4 heteroatoms. The molecule has 1 atom stereocenters. The van der Waals surface area contributed by atoms with E-state index in [4.69, 9.17) is 15.2 Å². The molecule has 0 aromatic rings. The number of ether oxygens (including phenoxy) is 2. The van der Waals surface area contributed by atoms with Crippen LogP contribution in [0.2, 0.25) is 0 Å². The molecule has 0 heterocycles. The Morgan fingerprint density at radius 1 is 1.06 bits per heavy atom. The molecule has 0 bridgehead atoms. The Bertz CT molecular complexity index is 183. The van der Waals surface area contributed by atoms with Gasteiger partial charge in [0.25, 0.3) is 0 Å². The molecule has 110 valence electrons. The standard InChI is InChI=1S/C14H32N2O2/c1-5-6-7-8-14(2,13-15)16(9-11-17-3)10-12-18-4/h5-13,15H2,1-4H3. The van der Waals surface area contributed by atoms with E-state index in [-0.39, 0.29) is 5.54 Å². The molecule has 0 aliphatic carbocycles. The van der Waals surface area contributed by atoms with Gasteiger partial charge in [-0.15, -0.1) is 0 Å². The van der Waals surface area contributed by atoms with Crippen LogP contribution >= 0.6 is 0 Å². The second-order valence-corrected chi connectivity index (χ2v) is 5.13. The van der Waals surface area contributed by atoms with Crippen LogP contribution in [0.15, 0.2) is 0 Å². The average Bonchev–Trinajstić information content (AvgIpc) is 2.39. The zero-order valence-electron chi connectivity index (χ0n) is 12.7. The van der Waals surface area contributed by atoms with Gasteiger partial charge in [-0.2, -0.15) is 0 Å². The van der Waals surface area contributed by atoms with Gasteiger partial charge in [-0.1, -0.05) is 26.2 Å². The number of methoxy groups -OCH3 is 2. The maximum absolute atomic E-state index is 6.01. The maximum atomic E-state index is 6.01. The summed E-state index contributed by atoms with van der Waals surface area (Å²) in [6.45, 7) is 8.49. The van der Waals surface area contributed by atoms with Crippen molar-refractivity contribution in [3.63, 3.8) is 0 Å². The van der Waals surface area contributed by atoms with E-state index in [0.29, 0.717) is 6.54 Å². The van der Waals surface area contributed by atoms with Crippen LogP contribution in [-0.2, 0) is 9.47 Å². The van der Waals surface area contributed by atoms with Crippen LogP contribution in [0.3, 0.4) is 0 Å². The van der Waals surface area contributed by atoms with Crippen LogP contribution < -0.4 is 5.73 Å². The lowest BCUT2D eigenvalue weighted by atomic mass is 9.92. The summed E-state index contributed by atoms with van der Waals surface area (Å²) in [6, 6.07) is 0. The number of unbranched alkanes of at least 4 members (excludes halogenated alkanes) is 2. The molecule has 0 rings (SSSR count). The van der Waals surface area contributed by atoms with Gasteiger partial charge in [-0.25, -0.2) is 0 Å². The summed E-state index contributed by atoms with van der Waals surface area (Å²) >= 11 is 0. The van der Waals surface area contributed by atoms with Gasteiger partial charge in [-0.3, -0.25) is 4.90 Å². The Hall–Kier alpha value is -0.160. The Balaban J connectivity index is 4.43. The van der Waals surface area contributed by atoms with Gasteiger partial charge >= 0.3 is 0 Å². The van der Waals surface area contributed by atoms with E-state index in [0.717, 1.165) is 32.7 Å². The summed E-state index contributed by atoms with van der Waals surface area (Å²) < 4.78 is 10.4. The zero-order valence-corrected chi connectivity index (χ0v) is 12.7. The van der Waals surface area contributed by atoms with Crippen LogP contribution in [0, 0.1) is 0 Å². The lowest BCUT2D eigenvalue weighted by molar-refractivity contribution is 0.0402. The van der Waals surface area contributed by atoms with Crippen molar-refractivity contribution < 1.29 is 9.47 Å². The lowest BCUT2D eigenvalue weighted by Gasteiger charge is -2.41. The minimum absolute atomic E-state index is 0.0617. The van der Waals surface area contributed by atoms with Crippen molar-refractivity contribution in [1.29, 1.82) is 0 Å². The van der Waals surface area contributed by atoms with Crippen LogP contribution in [0.5, 0.6) is 0 Å². The SMILES string of the molecule is CCCCCC(C)(CN)N(CCOC)CCOC. The smallest absolute Gasteiger partial charge is 0.0589 e.